The van der Waals surface area contributed by atoms with Gasteiger partial charge in [0.15, 0.2) is 0 Å². The maximum Gasteiger partial charge on any atom is 0.322 e. The number of aliphatic hydroxyl groups excluding tert-OH is 1. The predicted octanol–water partition coefficient (Wildman–Crippen LogP) is 2.68. The molecule has 1 aromatic rings. The lowest BCUT2D eigenvalue weighted by molar-refractivity contribution is 0.125. The van der Waals surface area contributed by atoms with Crippen LogP contribution in [0.1, 0.15) is 26.3 Å². The first-order valence-electron chi connectivity index (χ1n) is 7.26. The van der Waals surface area contributed by atoms with E-state index in [1.807, 2.05) is 58.0 Å². The summed E-state index contributed by atoms with van der Waals surface area (Å²) in [6, 6.07) is 5.75. The molecule has 0 aliphatic carbocycles. The van der Waals surface area contributed by atoms with Gasteiger partial charge in [0.2, 0.25) is 0 Å². The van der Waals surface area contributed by atoms with Crippen molar-refractivity contribution in [3.05, 3.63) is 23.8 Å². The quantitative estimate of drug-likeness (QED) is 0.877. The van der Waals surface area contributed by atoms with Gasteiger partial charge in [0.25, 0.3) is 0 Å². The summed E-state index contributed by atoms with van der Waals surface area (Å²) < 4.78 is 0. The van der Waals surface area contributed by atoms with Crippen LogP contribution in [-0.4, -0.2) is 48.8 Å². The minimum atomic E-state index is -0.546. The second-order valence-electron chi connectivity index (χ2n) is 5.92. The fourth-order valence-corrected chi connectivity index (χ4v) is 2.07. The second-order valence-corrected chi connectivity index (χ2v) is 5.92. The monoisotopic (exact) mass is 293 g/mol. The maximum atomic E-state index is 12.4. The summed E-state index contributed by atoms with van der Waals surface area (Å²) >= 11 is 0. The Labute approximate surface area is 127 Å². The number of hydrogen-bond acceptors (Lipinski definition) is 3. The van der Waals surface area contributed by atoms with Crippen molar-refractivity contribution in [3.63, 3.8) is 0 Å². The Morgan fingerprint density at radius 3 is 2.33 bits per heavy atom. The lowest BCUT2D eigenvalue weighted by atomic mass is 10.1. The van der Waals surface area contributed by atoms with Crippen LogP contribution < -0.4 is 10.2 Å². The van der Waals surface area contributed by atoms with Crippen molar-refractivity contribution < 1.29 is 9.90 Å². The average Bonchev–Trinajstić information content (AvgIpc) is 2.37. The van der Waals surface area contributed by atoms with Crippen molar-refractivity contribution in [1.29, 1.82) is 0 Å². The van der Waals surface area contributed by atoms with Crippen LogP contribution in [0.15, 0.2) is 18.2 Å². The molecule has 0 aromatic heterocycles. The van der Waals surface area contributed by atoms with Crippen LogP contribution in [0.2, 0.25) is 0 Å². The Hall–Kier alpha value is -1.75. The molecule has 0 heterocycles. The van der Waals surface area contributed by atoms with E-state index in [4.69, 9.17) is 0 Å². The topological polar surface area (TPSA) is 55.8 Å². The molecular weight excluding hydrogens is 266 g/mol. The molecule has 0 saturated carbocycles. The molecule has 0 aliphatic rings. The number of carbonyl (C=O) groups excluding carboxylic acids is 1. The molecule has 0 fully saturated rings. The molecule has 5 heteroatoms. The van der Waals surface area contributed by atoms with Gasteiger partial charge in [-0.3, -0.25) is 0 Å². The molecule has 0 bridgehead atoms. The van der Waals surface area contributed by atoms with Crippen LogP contribution in [0.3, 0.4) is 0 Å². The molecule has 21 heavy (non-hydrogen) atoms. The normalized spacial score (nSPS) is 12.2. The van der Waals surface area contributed by atoms with E-state index in [0.29, 0.717) is 6.54 Å². The van der Waals surface area contributed by atoms with E-state index in [1.54, 1.807) is 11.8 Å². The Bertz CT molecular complexity index is 484. The number of nitrogens with one attached hydrogen (secondary N) is 1. The fourth-order valence-electron chi connectivity index (χ4n) is 2.07. The number of amides is 2. The van der Waals surface area contributed by atoms with E-state index in [1.165, 1.54) is 0 Å². The highest BCUT2D eigenvalue weighted by molar-refractivity contribution is 5.90. The van der Waals surface area contributed by atoms with Crippen LogP contribution in [0.5, 0.6) is 0 Å². The van der Waals surface area contributed by atoms with Gasteiger partial charge in [0.1, 0.15) is 0 Å². The zero-order valence-corrected chi connectivity index (χ0v) is 13.8. The summed E-state index contributed by atoms with van der Waals surface area (Å²) in [7, 11) is 3.96. The van der Waals surface area contributed by atoms with Gasteiger partial charge in [-0.15, -0.1) is 0 Å². The molecule has 118 valence electrons. The smallest absolute Gasteiger partial charge is 0.322 e. The van der Waals surface area contributed by atoms with Gasteiger partial charge in [-0.25, -0.2) is 4.79 Å². The first-order chi connectivity index (χ1) is 9.72. The molecule has 5 nitrogen and oxygen atoms in total. The highest BCUT2D eigenvalue weighted by Gasteiger charge is 2.19. The zero-order chi connectivity index (χ0) is 16.2. The van der Waals surface area contributed by atoms with Crippen molar-refractivity contribution in [2.75, 3.05) is 30.9 Å². The first-order valence-corrected chi connectivity index (χ1v) is 7.26. The largest absolute Gasteiger partial charge is 0.392 e. The Morgan fingerprint density at radius 1 is 1.29 bits per heavy atom. The van der Waals surface area contributed by atoms with Gasteiger partial charge in [-0.05, 0) is 51.5 Å². The minimum absolute atomic E-state index is 0.0287. The van der Waals surface area contributed by atoms with E-state index in [9.17, 15) is 9.90 Å². The third-order valence-corrected chi connectivity index (χ3v) is 3.31. The third-order valence-electron chi connectivity index (χ3n) is 3.31. The molecule has 0 aliphatic heterocycles. The summed E-state index contributed by atoms with van der Waals surface area (Å²) in [4.78, 5) is 16.0. The van der Waals surface area contributed by atoms with E-state index in [-0.39, 0.29) is 12.1 Å². The lowest BCUT2D eigenvalue weighted by Crippen LogP contribution is -2.43. The van der Waals surface area contributed by atoms with Gasteiger partial charge < -0.3 is 20.2 Å². The van der Waals surface area contributed by atoms with Gasteiger partial charge in [-0.2, -0.15) is 0 Å². The number of aryl methyl sites for hydroxylation is 1. The zero-order valence-electron chi connectivity index (χ0n) is 13.8. The SMILES string of the molecule is Cc1cc(N(C)C)ccc1NC(=O)N(CC(C)O)C(C)C. The highest BCUT2D eigenvalue weighted by Crippen LogP contribution is 2.22. The maximum absolute atomic E-state index is 12.4. The molecule has 1 aromatic carbocycles. The molecule has 1 rings (SSSR count). The van der Waals surface area contributed by atoms with E-state index in [0.717, 1.165) is 16.9 Å². The number of benzene rings is 1. The molecule has 2 amide bonds. The van der Waals surface area contributed by atoms with Crippen molar-refractivity contribution in [2.45, 2.75) is 39.8 Å². The Balaban J connectivity index is 2.86. The highest BCUT2D eigenvalue weighted by atomic mass is 16.3. The van der Waals surface area contributed by atoms with E-state index >= 15 is 0 Å². The average molecular weight is 293 g/mol. The van der Waals surface area contributed by atoms with Crippen molar-refractivity contribution >= 4 is 17.4 Å². The number of rotatable bonds is 5. The molecule has 2 N–H and O–H groups in total. The van der Waals surface area contributed by atoms with Crippen molar-refractivity contribution in [2.24, 2.45) is 0 Å². The van der Waals surface area contributed by atoms with Crippen LogP contribution in [0.25, 0.3) is 0 Å². The van der Waals surface area contributed by atoms with Gasteiger partial charge in [-0.1, -0.05) is 0 Å². The minimum Gasteiger partial charge on any atom is -0.392 e. The van der Waals surface area contributed by atoms with E-state index in [2.05, 4.69) is 5.32 Å². The summed E-state index contributed by atoms with van der Waals surface area (Å²) in [5.41, 5.74) is 2.90. The molecule has 0 spiro atoms. The number of hydrogen-bond donors (Lipinski definition) is 2. The van der Waals surface area contributed by atoms with Crippen LogP contribution in [0.4, 0.5) is 16.2 Å². The summed E-state index contributed by atoms with van der Waals surface area (Å²) in [5.74, 6) is 0. The van der Waals surface area contributed by atoms with Crippen LogP contribution in [-0.2, 0) is 0 Å². The van der Waals surface area contributed by atoms with Crippen molar-refractivity contribution in [3.8, 4) is 0 Å². The van der Waals surface area contributed by atoms with Crippen LogP contribution in [0, 0.1) is 6.92 Å². The number of anilines is 2. The first kappa shape index (κ1) is 17.3. The summed E-state index contributed by atoms with van der Waals surface area (Å²) in [6.45, 7) is 7.84. The number of nitrogens with zero attached hydrogens (tertiary/aromatic N) is 2. The van der Waals surface area contributed by atoms with Gasteiger partial charge >= 0.3 is 6.03 Å². The number of carbonyl (C=O) groups is 1. The van der Waals surface area contributed by atoms with Crippen molar-refractivity contribution in [1.82, 2.24) is 4.90 Å². The lowest BCUT2D eigenvalue weighted by Gasteiger charge is -2.28. The summed E-state index contributed by atoms with van der Waals surface area (Å²) in [6.07, 6.45) is -0.546. The number of urea groups is 1. The molecule has 1 atom stereocenters. The molecule has 1 unspecified atom stereocenters. The second kappa shape index (κ2) is 7.31. The molecular formula is C16H27N3O2. The molecule has 0 saturated heterocycles. The van der Waals surface area contributed by atoms with Gasteiger partial charge in [0, 0.05) is 38.1 Å². The Kier molecular flexibility index (Phi) is 6.03. The predicted molar refractivity (Wildman–Crippen MR) is 88.0 cm³/mol. The third kappa shape index (κ3) is 4.93. The van der Waals surface area contributed by atoms with Gasteiger partial charge in [0.05, 0.1) is 6.10 Å². The van der Waals surface area contributed by atoms with Crippen LogP contribution >= 0.6 is 0 Å². The Morgan fingerprint density at radius 2 is 1.90 bits per heavy atom. The number of aliphatic hydroxyl groups is 1. The fraction of sp³-hybridized carbons (Fsp3) is 0.562. The van der Waals surface area contributed by atoms with E-state index < -0.39 is 6.10 Å². The summed E-state index contributed by atoms with van der Waals surface area (Å²) in [5, 5.41) is 12.4. The standard InChI is InChI=1S/C16H27N3O2/c1-11(2)19(10-13(4)20)16(21)17-15-8-7-14(18(5)6)9-12(15)3/h7-9,11,13,20H,10H2,1-6H3,(H,17,21). The molecule has 0 radical (unpaired) electrons.